The van der Waals surface area contributed by atoms with Gasteiger partial charge in [0.25, 0.3) is 0 Å². The second-order valence-electron chi connectivity index (χ2n) is 8.59. The SMILES string of the molecule is Cc1ccc(N2C(=O)CCC(C(=O)Nc3ccc(N(C)C)cc3C)C2c2cccs2)cc1. The van der Waals surface area contributed by atoms with Crippen LogP contribution in [0.3, 0.4) is 0 Å². The lowest BCUT2D eigenvalue weighted by Gasteiger charge is -2.40. The standard InChI is InChI=1S/C26H29N3O2S/c1-17-7-9-19(10-8-17)29-24(30)14-12-21(25(29)23-6-5-15-32-23)26(31)27-22-13-11-20(28(3)4)16-18(22)2/h5-11,13,15-16,21,25H,12,14H2,1-4H3,(H,27,31). The van der Waals surface area contributed by atoms with Crippen molar-refractivity contribution in [2.45, 2.75) is 32.7 Å². The third-order valence-electron chi connectivity index (χ3n) is 6.07. The molecule has 2 heterocycles. The first-order valence-electron chi connectivity index (χ1n) is 10.9. The van der Waals surface area contributed by atoms with E-state index in [2.05, 4.69) is 11.4 Å². The largest absolute Gasteiger partial charge is 0.378 e. The Bertz CT molecular complexity index is 1110. The zero-order valence-corrected chi connectivity index (χ0v) is 19.8. The van der Waals surface area contributed by atoms with Crippen LogP contribution in [0.25, 0.3) is 0 Å². The molecule has 0 radical (unpaired) electrons. The molecule has 2 atom stereocenters. The summed E-state index contributed by atoms with van der Waals surface area (Å²) >= 11 is 1.59. The van der Waals surface area contributed by atoms with Crippen LogP contribution >= 0.6 is 11.3 Å². The minimum atomic E-state index is -0.333. The fraction of sp³-hybridized carbons (Fsp3) is 0.308. The van der Waals surface area contributed by atoms with E-state index in [1.165, 1.54) is 0 Å². The molecule has 1 N–H and O–H groups in total. The summed E-state index contributed by atoms with van der Waals surface area (Å²) in [4.78, 5) is 31.5. The predicted octanol–water partition coefficient (Wildman–Crippen LogP) is 5.55. The highest BCUT2D eigenvalue weighted by Gasteiger charge is 2.42. The number of thiophene rings is 1. The van der Waals surface area contributed by atoms with Crippen molar-refractivity contribution in [3.8, 4) is 0 Å². The Morgan fingerprint density at radius 3 is 2.47 bits per heavy atom. The number of amides is 2. The molecule has 0 saturated carbocycles. The van der Waals surface area contributed by atoms with Crippen LogP contribution in [0.1, 0.15) is 34.9 Å². The fourth-order valence-corrected chi connectivity index (χ4v) is 5.13. The van der Waals surface area contributed by atoms with Crippen LogP contribution in [0.2, 0.25) is 0 Å². The van der Waals surface area contributed by atoms with Crippen molar-refractivity contribution in [3.05, 3.63) is 76.0 Å². The molecule has 1 fully saturated rings. The van der Waals surface area contributed by atoms with Crippen molar-refractivity contribution >= 4 is 40.2 Å². The topological polar surface area (TPSA) is 52.7 Å². The first kappa shape index (κ1) is 22.1. The second-order valence-corrected chi connectivity index (χ2v) is 9.57. The van der Waals surface area contributed by atoms with Crippen LogP contribution in [-0.2, 0) is 9.59 Å². The number of rotatable bonds is 5. The minimum absolute atomic E-state index is 0.0475. The maximum atomic E-state index is 13.5. The summed E-state index contributed by atoms with van der Waals surface area (Å²) in [6.07, 6.45) is 0.886. The van der Waals surface area contributed by atoms with Crippen molar-refractivity contribution in [2.24, 2.45) is 5.92 Å². The predicted molar refractivity (Wildman–Crippen MR) is 133 cm³/mol. The lowest BCUT2D eigenvalue weighted by Crippen LogP contribution is -2.46. The second kappa shape index (κ2) is 9.17. The van der Waals surface area contributed by atoms with Crippen molar-refractivity contribution in [1.82, 2.24) is 0 Å². The van der Waals surface area contributed by atoms with Crippen LogP contribution in [0, 0.1) is 19.8 Å². The highest BCUT2D eigenvalue weighted by molar-refractivity contribution is 7.10. The Morgan fingerprint density at radius 2 is 1.84 bits per heavy atom. The highest BCUT2D eigenvalue weighted by atomic mass is 32.1. The Balaban J connectivity index is 1.66. The van der Waals surface area contributed by atoms with Gasteiger partial charge in [0.05, 0.1) is 12.0 Å². The molecule has 0 spiro atoms. The number of anilines is 3. The van der Waals surface area contributed by atoms with E-state index in [0.29, 0.717) is 12.8 Å². The van der Waals surface area contributed by atoms with E-state index in [4.69, 9.17) is 0 Å². The highest BCUT2D eigenvalue weighted by Crippen LogP contribution is 2.42. The smallest absolute Gasteiger partial charge is 0.229 e. The Kier molecular flexibility index (Phi) is 6.33. The lowest BCUT2D eigenvalue weighted by atomic mass is 9.86. The summed E-state index contributed by atoms with van der Waals surface area (Å²) in [5.41, 5.74) is 4.88. The number of carbonyl (C=O) groups is 2. The van der Waals surface area contributed by atoms with Crippen LogP contribution in [0.5, 0.6) is 0 Å². The molecule has 4 rings (SSSR count). The van der Waals surface area contributed by atoms with Gasteiger partial charge in [0.2, 0.25) is 11.8 Å². The molecule has 2 aromatic carbocycles. The number of benzene rings is 2. The summed E-state index contributed by atoms with van der Waals surface area (Å²) in [5.74, 6) is -0.322. The van der Waals surface area contributed by atoms with Gasteiger partial charge in [-0.1, -0.05) is 23.8 Å². The van der Waals surface area contributed by atoms with Gasteiger partial charge < -0.3 is 15.1 Å². The fourth-order valence-electron chi connectivity index (χ4n) is 4.25. The van der Waals surface area contributed by atoms with E-state index in [1.54, 1.807) is 11.3 Å². The summed E-state index contributed by atoms with van der Waals surface area (Å²) in [5, 5.41) is 5.14. The molecule has 2 amide bonds. The molecule has 1 aromatic heterocycles. The van der Waals surface area contributed by atoms with Gasteiger partial charge in [0, 0.05) is 42.5 Å². The quantitative estimate of drug-likeness (QED) is 0.558. The molecule has 32 heavy (non-hydrogen) atoms. The summed E-state index contributed by atoms with van der Waals surface area (Å²) in [6, 6.07) is 17.7. The van der Waals surface area contributed by atoms with Gasteiger partial charge in [-0.05, 0) is 67.6 Å². The third-order valence-corrected chi connectivity index (χ3v) is 7.01. The van der Waals surface area contributed by atoms with E-state index in [9.17, 15) is 9.59 Å². The average Bonchev–Trinajstić information content (AvgIpc) is 3.30. The third kappa shape index (κ3) is 4.41. The lowest BCUT2D eigenvalue weighted by molar-refractivity contribution is -0.125. The van der Waals surface area contributed by atoms with Crippen LogP contribution in [0.4, 0.5) is 17.1 Å². The summed E-state index contributed by atoms with van der Waals surface area (Å²) in [6.45, 7) is 4.03. The van der Waals surface area contributed by atoms with Crippen molar-refractivity contribution < 1.29 is 9.59 Å². The molecular formula is C26H29N3O2S. The molecule has 1 aliphatic heterocycles. The molecular weight excluding hydrogens is 418 g/mol. The maximum absolute atomic E-state index is 13.5. The zero-order chi connectivity index (χ0) is 22.8. The first-order chi connectivity index (χ1) is 15.3. The molecule has 5 nitrogen and oxygen atoms in total. The van der Waals surface area contributed by atoms with E-state index < -0.39 is 0 Å². The van der Waals surface area contributed by atoms with Gasteiger partial charge in [0.1, 0.15) is 0 Å². The first-order valence-corrected chi connectivity index (χ1v) is 11.7. The van der Waals surface area contributed by atoms with E-state index in [1.807, 2.05) is 91.7 Å². The molecule has 166 valence electrons. The maximum Gasteiger partial charge on any atom is 0.229 e. The normalized spacial score (nSPS) is 18.5. The minimum Gasteiger partial charge on any atom is -0.378 e. The van der Waals surface area contributed by atoms with Crippen LogP contribution < -0.4 is 15.1 Å². The number of hydrogen-bond acceptors (Lipinski definition) is 4. The number of nitrogens with zero attached hydrogens (tertiary/aromatic N) is 2. The molecule has 1 aliphatic rings. The summed E-state index contributed by atoms with van der Waals surface area (Å²) in [7, 11) is 3.99. The van der Waals surface area contributed by atoms with Crippen molar-refractivity contribution in [2.75, 3.05) is 29.2 Å². The number of carbonyl (C=O) groups excluding carboxylic acids is 2. The number of hydrogen-bond donors (Lipinski definition) is 1. The average molecular weight is 448 g/mol. The Morgan fingerprint density at radius 1 is 1.09 bits per heavy atom. The van der Waals surface area contributed by atoms with E-state index in [0.717, 1.165) is 33.1 Å². The summed E-state index contributed by atoms with van der Waals surface area (Å²) < 4.78 is 0. The van der Waals surface area contributed by atoms with Gasteiger partial charge in [-0.3, -0.25) is 9.59 Å². The van der Waals surface area contributed by atoms with E-state index in [-0.39, 0.29) is 23.8 Å². The Labute approximate surface area is 193 Å². The Hall–Kier alpha value is -3.12. The molecule has 6 heteroatoms. The van der Waals surface area contributed by atoms with Crippen LogP contribution in [0.15, 0.2) is 60.0 Å². The van der Waals surface area contributed by atoms with Crippen LogP contribution in [-0.4, -0.2) is 25.9 Å². The van der Waals surface area contributed by atoms with Gasteiger partial charge in [-0.2, -0.15) is 0 Å². The molecule has 2 unspecified atom stereocenters. The van der Waals surface area contributed by atoms with Gasteiger partial charge in [0.15, 0.2) is 0 Å². The zero-order valence-electron chi connectivity index (χ0n) is 19.0. The molecule has 0 bridgehead atoms. The van der Waals surface area contributed by atoms with Crippen molar-refractivity contribution in [1.29, 1.82) is 0 Å². The molecule has 3 aromatic rings. The molecule has 1 saturated heterocycles. The van der Waals surface area contributed by atoms with Gasteiger partial charge in [-0.15, -0.1) is 11.3 Å². The van der Waals surface area contributed by atoms with Gasteiger partial charge in [-0.25, -0.2) is 0 Å². The van der Waals surface area contributed by atoms with Gasteiger partial charge >= 0.3 is 0 Å². The van der Waals surface area contributed by atoms with Crippen molar-refractivity contribution in [3.63, 3.8) is 0 Å². The number of nitrogens with one attached hydrogen (secondary N) is 1. The monoisotopic (exact) mass is 447 g/mol. The number of aryl methyl sites for hydroxylation is 2. The number of piperidine rings is 1. The van der Waals surface area contributed by atoms with E-state index >= 15 is 0 Å². The molecule has 0 aliphatic carbocycles.